The zero-order valence-electron chi connectivity index (χ0n) is 12.5. The van der Waals surface area contributed by atoms with Crippen LogP contribution in [0.4, 0.5) is 5.69 Å². The van der Waals surface area contributed by atoms with Crippen LogP contribution in [-0.2, 0) is 6.54 Å². The van der Waals surface area contributed by atoms with Crippen LogP contribution in [0, 0.1) is 0 Å². The van der Waals surface area contributed by atoms with E-state index in [0.29, 0.717) is 0 Å². The summed E-state index contributed by atoms with van der Waals surface area (Å²) in [6.45, 7) is 2.90. The summed E-state index contributed by atoms with van der Waals surface area (Å²) < 4.78 is 0. The van der Waals surface area contributed by atoms with Crippen molar-refractivity contribution in [1.29, 1.82) is 0 Å². The van der Waals surface area contributed by atoms with Gasteiger partial charge < -0.3 is 10.2 Å². The highest BCUT2D eigenvalue weighted by Crippen LogP contribution is 2.32. The lowest BCUT2D eigenvalue weighted by Crippen LogP contribution is -2.24. The normalized spacial score (nSPS) is 12.2. The van der Waals surface area contributed by atoms with Crippen LogP contribution in [0.5, 0.6) is 0 Å². The van der Waals surface area contributed by atoms with Gasteiger partial charge in [0, 0.05) is 34.9 Å². The lowest BCUT2D eigenvalue weighted by Gasteiger charge is -2.30. The van der Waals surface area contributed by atoms with Gasteiger partial charge in [0.15, 0.2) is 0 Å². The van der Waals surface area contributed by atoms with Crippen LogP contribution in [0.3, 0.4) is 0 Å². The number of benzene rings is 2. The number of hydrogen-bond acceptors (Lipinski definition) is 2. The molecule has 21 heavy (non-hydrogen) atoms. The highest BCUT2D eigenvalue weighted by Gasteiger charge is 2.16. The number of rotatable bonds is 5. The van der Waals surface area contributed by atoms with E-state index >= 15 is 0 Å². The van der Waals surface area contributed by atoms with Crippen molar-refractivity contribution in [3.8, 4) is 0 Å². The molecule has 0 saturated carbocycles. The molecule has 0 amide bonds. The van der Waals surface area contributed by atoms with Gasteiger partial charge in [-0.15, -0.1) is 0 Å². The molecule has 2 aromatic rings. The summed E-state index contributed by atoms with van der Waals surface area (Å²) >= 11 is 12.4. The zero-order valence-corrected chi connectivity index (χ0v) is 14.0. The third kappa shape index (κ3) is 3.70. The van der Waals surface area contributed by atoms with Crippen LogP contribution >= 0.6 is 23.2 Å². The first kappa shape index (κ1) is 16.2. The largest absolute Gasteiger partial charge is 0.368 e. The summed E-state index contributed by atoms with van der Waals surface area (Å²) in [6, 6.07) is 14.2. The summed E-state index contributed by atoms with van der Waals surface area (Å²) in [7, 11) is 4.00. The van der Waals surface area contributed by atoms with Crippen molar-refractivity contribution in [2.24, 2.45) is 0 Å². The van der Waals surface area contributed by atoms with Crippen molar-refractivity contribution in [3.05, 3.63) is 63.6 Å². The van der Waals surface area contributed by atoms with Gasteiger partial charge >= 0.3 is 0 Å². The molecule has 112 valence electrons. The average Bonchev–Trinajstić information content (AvgIpc) is 2.48. The second-order valence-corrected chi connectivity index (χ2v) is 5.95. The van der Waals surface area contributed by atoms with Crippen molar-refractivity contribution >= 4 is 28.9 Å². The molecular formula is C17H20Cl2N2. The van der Waals surface area contributed by atoms with Crippen LogP contribution in [0.25, 0.3) is 0 Å². The van der Waals surface area contributed by atoms with Gasteiger partial charge in [0.05, 0.1) is 6.04 Å². The topological polar surface area (TPSA) is 15.3 Å². The van der Waals surface area contributed by atoms with Gasteiger partial charge in [-0.2, -0.15) is 0 Å². The first-order chi connectivity index (χ1) is 10.0. The van der Waals surface area contributed by atoms with E-state index in [1.807, 2.05) is 37.4 Å². The van der Waals surface area contributed by atoms with Gasteiger partial charge in [-0.25, -0.2) is 0 Å². The minimum absolute atomic E-state index is 0.206. The Balaban J connectivity index is 2.35. The molecular weight excluding hydrogens is 303 g/mol. The Morgan fingerprint density at radius 1 is 1.14 bits per heavy atom. The van der Waals surface area contributed by atoms with E-state index < -0.39 is 0 Å². The van der Waals surface area contributed by atoms with E-state index in [-0.39, 0.29) is 6.04 Å². The number of nitrogens with one attached hydrogen (secondary N) is 1. The van der Waals surface area contributed by atoms with E-state index in [0.717, 1.165) is 27.8 Å². The fourth-order valence-electron chi connectivity index (χ4n) is 2.43. The standard InChI is InChI=1S/C17H20Cl2N2/c1-12(13-6-4-7-14(18)10-13)21(3)17-9-5-8-16(19)15(17)11-20-2/h4-10,12,20H,11H2,1-3H3. The van der Waals surface area contributed by atoms with E-state index in [9.17, 15) is 0 Å². The summed E-state index contributed by atoms with van der Waals surface area (Å²) in [5, 5.41) is 4.72. The summed E-state index contributed by atoms with van der Waals surface area (Å²) in [5.41, 5.74) is 3.42. The maximum Gasteiger partial charge on any atom is 0.0511 e. The average molecular weight is 323 g/mol. The fourth-order valence-corrected chi connectivity index (χ4v) is 2.86. The molecule has 2 rings (SSSR count). The Bertz CT molecular complexity index is 613. The molecule has 0 heterocycles. The molecule has 0 fully saturated rings. The lowest BCUT2D eigenvalue weighted by atomic mass is 10.0. The Morgan fingerprint density at radius 3 is 2.52 bits per heavy atom. The van der Waals surface area contributed by atoms with Crippen LogP contribution in [0.1, 0.15) is 24.1 Å². The third-order valence-corrected chi connectivity index (χ3v) is 4.33. The molecule has 2 nitrogen and oxygen atoms in total. The summed E-state index contributed by atoms with van der Waals surface area (Å²) in [6.07, 6.45) is 0. The molecule has 0 aliphatic heterocycles. The van der Waals surface area contributed by atoms with Gasteiger partial charge in [-0.1, -0.05) is 41.4 Å². The monoisotopic (exact) mass is 322 g/mol. The van der Waals surface area contributed by atoms with E-state index in [1.54, 1.807) is 0 Å². The smallest absolute Gasteiger partial charge is 0.0511 e. The summed E-state index contributed by atoms with van der Waals surface area (Å²) in [5.74, 6) is 0. The number of halogens is 2. The van der Waals surface area contributed by atoms with Crippen LogP contribution in [0.15, 0.2) is 42.5 Å². The van der Waals surface area contributed by atoms with E-state index in [2.05, 4.69) is 36.3 Å². The molecule has 1 atom stereocenters. The van der Waals surface area contributed by atoms with Gasteiger partial charge in [-0.3, -0.25) is 0 Å². The zero-order chi connectivity index (χ0) is 15.4. The number of nitrogens with zero attached hydrogens (tertiary/aromatic N) is 1. The van der Waals surface area contributed by atoms with Crippen LogP contribution in [-0.4, -0.2) is 14.1 Å². The first-order valence-electron chi connectivity index (χ1n) is 6.95. The van der Waals surface area contributed by atoms with Gasteiger partial charge in [0.1, 0.15) is 0 Å². The van der Waals surface area contributed by atoms with Crippen molar-refractivity contribution < 1.29 is 0 Å². The predicted octanol–water partition coefficient (Wildman–Crippen LogP) is 4.91. The minimum Gasteiger partial charge on any atom is -0.368 e. The maximum atomic E-state index is 6.34. The molecule has 1 N–H and O–H groups in total. The molecule has 0 spiro atoms. The molecule has 1 unspecified atom stereocenters. The number of anilines is 1. The van der Waals surface area contributed by atoms with Gasteiger partial charge in [-0.05, 0) is 43.8 Å². The van der Waals surface area contributed by atoms with Gasteiger partial charge in [0.25, 0.3) is 0 Å². The molecule has 0 radical (unpaired) electrons. The summed E-state index contributed by atoms with van der Waals surface area (Å²) in [4.78, 5) is 2.23. The predicted molar refractivity (Wildman–Crippen MR) is 92.5 cm³/mol. The first-order valence-corrected chi connectivity index (χ1v) is 7.70. The third-order valence-electron chi connectivity index (χ3n) is 3.74. The van der Waals surface area contributed by atoms with E-state index in [4.69, 9.17) is 23.2 Å². The molecule has 0 aromatic heterocycles. The van der Waals surface area contributed by atoms with Crippen molar-refractivity contribution in [1.82, 2.24) is 5.32 Å². The highest BCUT2D eigenvalue weighted by atomic mass is 35.5. The van der Waals surface area contributed by atoms with Crippen molar-refractivity contribution in [2.45, 2.75) is 19.5 Å². The molecule has 2 aromatic carbocycles. The molecule has 0 aliphatic carbocycles. The SMILES string of the molecule is CNCc1c(Cl)cccc1N(C)C(C)c1cccc(Cl)c1. The second kappa shape index (κ2) is 7.17. The van der Waals surface area contributed by atoms with Gasteiger partial charge in [0.2, 0.25) is 0 Å². The van der Waals surface area contributed by atoms with Crippen LogP contribution in [0.2, 0.25) is 10.0 Å². The Hall–Kier alpha value is -1.22. The lowest BCUT2D eigenvalue weighted by molar-refractivity contribution is 0.727. The second-order valence-electron chi connectivity index (χ2n) is 5.11. The fraction of sp³-hybridized carbons (Fsp3) is 0.294. The minimum atomic E-state index is 0.206. The van der Waals surface area contributed by atoms with Crippen LogP contribution < -0.4 is 10.2 Å². The molecule has 0 saturated heterocycles. The van der Waals surface area contributed by atoms with E-state index in [1.165, 1.54) is 5.56 Å². The highest BCUT2D eigenvalue weighted by molar-refractivity contribution is 6.31. The Labute approximate surface area is 136 Å². The Morgan fingerprint density at radius 2 is 1.86 bits per heavy atom. The Kier molecular flexibility index (Phi) is 5.51. The van der Waals surface area contributed by atoms with Crippen molar-refractivity contribution in [2.75, 3.05) is 19.0 Å². The molecule has 0 aliphatic rings. The number of hydrogen-bond donors (Lipinski definition) is 1. The maximum absolute atomic E-state index is 6.34. The molecule has 4 heteroatoms. The quantitative estimate of drug-likeness (QED) is 0.841. The molecule has 0 bridgehead atoms. The van der Waals surface area contributed by atoms with Crippen molar-refractivity contribution in [3.63, 3.8) is 0 Å².